The summed E-state index contributed by atoms with van der Waals surface area (Å²) in [5.41, 5.74) is 1.77. The lowest BCUT2D eigenvalue weighted by atomic mass is 10.1. The van der Waals surface area contributed by atoms with Crippen LogP contribution in [0.3, 0.4) is 0 Å². The fourth-order valence-electron chi connectivity index (χ4n) is 1.45. The smallest absolute Gasteiger partial charge is 0.0863 e. The summed E-state index contributed by atoms with van der Waals surface area (Å²) in [7, 11) is -1.02. The number of halogens is 1. The quantitative estimate of drug-likeness (QED) is 0.851. The lowest BCUT2D eigenvalue weighted by Gasteiger charge is -2.05. The summed E-state index contributed by atoms with van der Waals surface area (Å²) in [5.74, 6) is 0. The van der Waals surface area contributed by atoms with E-state index in [4.69, 9.17) is 0 Å². The Morgan fingerprint density at radius 2 is 1.88 bits per heavy atom. The molecule has 1 heterocycles. The van der Waals surface area contributed by atoms with Crippen molar-refractivity contribution in [2.45, 2.75) is 4.90 Å². The molecule has 0 saturated carbocycles. The molecule has 4 heteroatoms. The summed E-state index contributed by atoms with van der Waals surface area (Å²) in [6, 6.07) is 11.5. The van der Waals surface area contributed by atoms with Gasteiger partial charge in [0.1, 0.15) is 0 Å². The molecule has 0 aliphatic heterocycles. The maximum absolute atomic E-state index is 11.6. The molecule has 0 saturated heterocycles. The van der Waals surface area contributed by atoms with Gasteiger partial charge in [0, 0.05) is 22.5 Å². The zero-order valence-corrected chi connectivity index (χ0v) is 11.1. The number of hydrogen-bond donors (Lipinski definition) is 0. The van der Waals surface area contributed by atoms with E-state index in [2.05, 4.69) is 20.9 Å². The van der Waals surface area contributed by atoms with Crippen LogP contribution in [0, 0.1) is 0 Å². The minimum absolute atomic E-state index is 0.768. The molecule has 0 N–H and O–H groups in total. The highest BCUT2D eigenvalue weighted by Gasteiger charge is 2.08. The fraction of sp³-hybridized carbons (Fsp3) is 0.0833. The van der Waals surface area contributed by atoms with E-state index in [0.29, 0.717) is 0 Å². The molecular formula is C12H10BrNOS. The summed E-state index contributed by atoms with van der Waals surface area (Å²) in [6.45, 7) is 0. The summed E-state index contributed by atoms with van der Waals surface area (Å²) >= 11 is 3.39. The molecule has 1 atom stereocenters. The van der Waals surface area contributed by atoms with Crippen molar-refractivity contribution in [3.8, 4) is 11.3 Å². The molecule has 1 unspecified atom stereocenters. The van der Waals surface area contributed by atoms with E-state index >= 15 is 0 Å². The van der Waals surface area contributed by atoms with Crippen molar-refractivity contribution in [2.24, 2.45) is 0 Å². The largest absolute Gasteiger partial charge is 0.255 e. The normalized spacial score (nSPS) is 12.4. The van der Waals surface area contributed by atoms with E-state index in [0.717, 1.165) is 20.6 Å². The Kier molecular flexibility index (Phi) is 3.51. The zero-order chi connectivity index (χ0) is 11.5. The molecule has 0 amide bonds. The van der Waals surface area contributed by atoms with Crippen LogP contribution >= 0.6 is 15.9 Å². The van der Waals surface area contributed by atoms with Gasteiger partial charge in [0.2, 0.25) is 0 Å². The summed E-state index contributed by atoms with van der Waals surface area (Å²) < 4.78 is 12.6. The van der Waals surface area contributed by atoms with Crippen molar-refractivity contribution in [1.82, 2.24) is 4.98 Å². The number of nitrogens with zero attached hydrogens (tertiary/aromatic N) is 1. The Hall–Kier alpha value is -1.00. The number of pyridine rings is 1. The number of hydrogen-bond acceptors (Lipinski definition) is 2. The Morgan fingerprint density at radius 3 is 2.50 bits per heavy atom. The second-order valence-corrected chi connectivity index (χ2v) is 5.57. The lowest BCUT2D eigenvalue weighted by molar-refractivity contribution is 0.686. The number of aromatic nitrogens is 1. The van der Waals surface area contributed by atoms with Crippen LogP contribution in [0.1, 0.15) is 0 Å². The van der Waals surface area contributed by atoms with Gasteiger partial charge in [-0.05, 0) is 24.3 Å². The fourth-order valence-corrected chi connectivity index (χ4v) is 2.42. The number of rotatable bonds is 2. The van der Waals surface area contributed by atoms with Crippen molar-refractivity contribution in [3.63, 3.8) is 0 Å². The van der Waals surface area contributed by atoms with Gasteiger partial charge in [0.25, 0.3) is 0 Å². The van der Waals surface area contributed by atoms with Crippen LogP contribution < -0.4 is 0 Å². The lowest BCUT2D eigenvalue weighted by Crippen LogP contribution is -1.94. The van der Waals surface area contributed by atoms with Gasteiger partial charge in [0.05, 0.1) is 21.4 Å². The monoisotopic (exact) mass is 295 g/mol. The van der Waals surface area contributed by atoms with E-state index < -0.39 is 10.8 Å². The average Bonchev–Trinajstić information content (AvgIpc) is 2.30. The van der Waals surface area contributed by atoms with Crippen LogP contribution in [0.2, 0.25) is 0 Å². The third kappa shape index (κ3) is 2.39. The Morgan fingerprint density at radius 1 is 1.19 bits per heavy atom. The molecule has 1 aromatic carbocycles. The standard InChI is InChI=1S/C12H10BrNOS/c1-16(15)11-3-2-8-14-12(11)9-4-6-10(13)7-5-9/h2-8H,1H3. The van der Waals surface area contributed by atoms with Crippen LogP contribution in [0.4, 0.5) is 0 Å². The van der Waals surface area contributed by atoms with Gasteiger partial charge in [-0.3, -0.25) is 9.19 Å². The third-order valence-corrected chi connectivity index (χ3v) is 3.68. The molecule has 82 valence electrons. The van der Waals surface area contributed by atoms with E-state index in [1.54, 1.807) is 18.5 Å². The summed E-state index contributed by atoms with van der Waals surface area (Å²) in [6.07, 6.45) is 3.38. The topological polar surface area (TPSA) is 30.0 Å². The molecule has 0 aliphatic carbocycles. The van der Waals surface area contributed by atoms with Crippen LogP contribution in [-0.2, 0) is 10.8 Å². The predicted octanol–water partition coefficient (Wildman–Crippen LogP) is 3.25. The summed E-state index contributed by atoms with van der Waals surface area (Å²) in [4.78, 5) is 5.06. The number of benzene rings is 1. The maximum atomic E-state index is 11.6. The minimum Gasteiger partial charge on any atom is -0.255 e. The molecule has 0 radical (unpaired) electrons. The van der Waals surface area contributed by atoms with Crippen LogP contribution in [-0.4, -0.2) is 15.4 Å². The Balaban J connectivity index is 2.55. The Labute approximate surface area is 105 Å². The highest BCUT2D eigenvalue weighted by molar-refractivity contribution is 9.10. The minimum atomic E-state index is -1.02. The van der Waals surface area contributed by atoms with Gasteiger partial charge in [-0.25, -0.2) is 0 Å². The van der Waals surface area contributed by atoms with Crippen molar-refractivity contribution in [2.75, 3.05) is 6.26 Å². The first-order chi connectivity index (χ1) is 7.68. The van der Waals surface area contributed by atoms with Crippen molar-refractivity contribution >= 4 is 26.7 Å². The van der Waals surface area contributed by atoms with Crippen molar-refractivity contribution in [1.29, 1.82) is 0 Å². The zero-order valence-electron chi connectivity index (χ0n) is 8.68. The van der Waals surface area contributed by atoms with Gasteiger partial charge < -0.3 is 0 Å². The molecule has 2 aromatic rings. The van der Waals surface area contributed by atoms with Crippen LogP contribution in [0.15, 0.2) is 52.0 Å². The first-order valence-corrected chi connectivity index (χ1v) is 7.08. The molecule has 16 heavy (non-hydrogen) atoms. The SMILES string of the molecule is CS(=O)c1cccnc1-c1ccc(Br)cc1. The van der Waals surface area contributed by atoms with Crippen LogP contribution in [0.25, 0.3) is 11.3 Å². The summed E-state index contributed by atoms with van der Waals surface area (Å²) in [5, 5.41) is 0. The second kappa shape index (κ2) is 4.89. The molecule has 2 rings (SSSR count). The van der Waals surface area contributed by atoms with E-state index in [1.807, 2.05) is 30.3 Å². The van der Waals surface area contributed by atoms with Gasteiger partial charge in [-0.1, -0.05) is 28.1 Å². The second-order valence-electron chi connectivity index (χ2n) is 3.31. The molecular weight excluding hydrogens is 286 g/mol. The Bertz CT molecular complexity index is 525. The molecule has 0 spiro atoms. The first-order valence-electron chi connectivity index (χ1n) is 4.73. The average molecular weight is 296 g/mol. The van der Waals surface area contributed by atoms with Gasteiger partial charge in [-0.2, -0.15) is 0 Å². The van der Waals surface area contributed by atoms with E-state index in [1.165, 1.54) is 0 Å². The highest BCUT2D eigenvalue weighted by Crippen LogP contribution is 2.24. The molecule has 2 nitrogen and oxygen atoms in total. The first kappa shape index (κ1) is 11.5. The molecule has 1 aromatic heterocycles. The predicted molar refractivity (Wildman–Crippen MR) is 69.7 cm³/mol. The van der Waals surface area contributed by atoms with E-state index in [-0.39, 0.29) is 0 Å². The highest BCUT2D eigenvalue weighted by atomic mass is 79.9. The van der Waals surface area contributed by atoms with Gasteiger partial charge in [0.15, 0.2) is 0 Å². The maximum Gasteiger partial charge on any atom is 0.0863 e. The van der Waals surface area contributed by atoms with Gasteiger partial charge in [-0.15, -0.1) is 0 Å². The molecule has 0 bridgehead atoms. The van der Waals surface area contributed by atoms with Gasteiger partial charge >= 0.3 is 0 Å². The van der Waals surface area contributed by atoms with Crippen LogP contribution in [0.5, 0.6) is 0 Å². The molecule has 0 fully saturated rings. The van der Waals surface area contributed by atoms with E-state index in [9.17, 15) is 4.21 Å². The third-order valence-electron chi connectivity index (χ3n) is 2.20. The van der Waals surface area contributed by atoms with Crippen molar-refractivity contribution in [3.05, 3.63) is 47.1 Å². The van der Waals surface area contributed by atoms with Crippen molar-refractivity contribution < 1.29 is 4.21 Å². The molecule has 0 aliphatic rings.